The van der Waals surface area contributed by atoms with Crippen LogP contribution >= 0.6 is 11.3 Å². The molecule has 126 valence electrons. The molecule has 2 aromatic rings. The molecular formula is C17H25N3O2S. The molecule has 0 unspecified atom stereocenters. The molecule has 2 heterocycles. The van der Waals surface area contributed by atoms with Gasteiger partial charge in [0.15, 0.2) is 0 Å². The number of hydrogen-bond acceptors (Lipinski definition) is 6. The Morgan fingerprint density at radius 3 is 2.87 bits per heavy atom. The van der Waals surface area contributed by atoms with Crippen LogP contribution < -0.4 is 0 Å². The maximum atomic E-state index is 9.31. The lowest BCUT2D eigenvalue weighted by Crippen LogP contribution is -2.39. The van der Waals surface area contributed by atoms with Crippen LogP contribution in [0.1, 0.15) is 44.4 Å². The number of aliphatic hydroxyl groups excluding tert-OH is 1. The van der Waals surface area contributed by atoms with Gasteiger partial charge in [0.2, 0.25) is 11.7 Å². The summed E-state index contributed by atoms with van der Waals surface area (Å²) in [5, 5.41) is 15.4. The molecule has 23 heavy (non-hydrogen) atoms. The van der Waals surface area contributed by atoms with E-state index < -0.39 is 0 Å². The molecule has 0 bridgehead atoms. The number of thiophene rings is 1. The Morgan fingerprint density at radius 2 is 2.13 bits per heavy atom. The molecule has 0 spiro atoms. The van der Waals surface area contributed by atoms with Gasteiger partial charge in [0.05, 0.1) is 11.5 Å². The smallest absolute Gasteiger partial charge is 0.227 e. The summed E-state index contributed by atoms with van der Waals surface area (Å²) in [4.78, 5) is 7.96. The Bertz CT molecular complexity index is 564. The third-order valence-electron chi connectivity index (χ3n) is 4.52. The van der Waals surface area contributed by atoms with Crippen LogP contribution in [0.15, 0.2) is 22.0 Å². The van der Waals surface area contributed by atoms with Gasteiger partial charge in [-0.3, -0.25) is 4.90 Å². The van der Waals surface area contributed by atoms with Crippen LogP contribution in [0.25, 0.3) is 10.7 Å². The molecule has 0 aliphatic heterocycles. The van der Waals surface area contributed by atoms with Gasteiger partial charge in [-0.15, -0.1) is 11.3 Å². The third kappa shape index (κ3) is 4.62. The molecule has 2 aromatic heterocycles. The maximum Gasteiger partial charge on any atom is 0.227 e. The average Bonchev–Trinajstić information content (AvgIpc) is 3.26. The van der Waals surface area contributed by atoms with Crippen LogP contribution in [0.3, 0.4) is 0 Å². The highest BCUT2D eigenvalue weighted by Crippen LogP contribution is 2.23. The van der Waals surface area contributed by atoms with E-state index in [1.807, 2.05) is 17.5 Å². The van der Waals surface area contributed by atoms with E-state index in [-0.39, 0.29) is 6.61 Å². The summed E-state index contributed by atoms with van der Waals surface area (Å²) < 4.78 is 5.35. The van der Waals surface area contributed by atoms with Crippen molar-refractivity contribution >= 4 is 11.3 Å². The average molecular weight is 335 g/mol. The zero-order chi connectivity index (χ0) is 15.9. The second kappa shape index (κ2) is 8.57. The minimum atomic E-state index is 0.236. The van der Waals surface area contributed by atoms with E-state index in [2.05, 4.69) is 15.0 Å². The minimum Gasteiger partial charge on any atom is -0.395 e. The van der Waals surface area contributed by atoms with E-state index in [0.29, 0.717) is 17.8 Å². The normalized spacial score (nSPS) is 16.3. The fraction of sp³-hybridized carbons (Fsp3) is 0.647. The van der Waals surface area contributed by atoms with E-state index in [9.17, 15) is 5.11 Å². The fourth-order valence-corrected chi connectivity index (χ4v) is 4.00. The summed E-state index contributed by atoms with van der Waals surface area (Å²) in [6.45, 7) is 2.00. The summed E-state index contributed by atoms with van der Waals surface area (Å²) in [5.41, 5.74) is 0. The first-order valence-electron chi connectivity index (χ1n) is 8.58. The van der Waals surface area contributed by atoms with Crippen LogP contribution in [0.2, 0.25) is 0 Å². The monoisotopic (exact) mass is 335 g/mol. The zero-order valence-electron chi connectivity index (χ0n) is 13.5. The molecule has 6 heteroatoms. The van der Waals surface area contributed by atoms with Gasteiger partial charge in [-0.05, 0) is 37.3 Å². The van der Waals surface area contributed by atoms with Crippen LogP contribution in [-0.4, -0.2) is 45.9 Å². The van der Waals surface area contributed by atoms with Gasteiger partial charge in [0, 0.05) is 19.0 Å². The Morgan fingerprint density at radius 1 is 1.26 bits per heavy atom. The van der Waals surface area contributed by atoms with Crippen molar-refractivity contribution in [2.75, 3.05) is 19.7 Å². The molecule has 1 fully saturated rings. The summed E-state index contributed by atoms with van der Waals surface area (Å²) in [5.74, 6) is 1.40. The van der Waals surface area contributed by atoms with Crippen molar-refractivity contribution in [3.63, 3.8) is 0 Å². The molecular weight excluding hydrogens is 310 g/mol. The number of aliphatic hydroxyl groups is 1. The first kappa shape index (κ1) is 16.6. The highest BCUT2D eigenvalue weighted by molar-refractivity contribution is 7.13. The van der Waals surface area contributed by atoms with Crippen LogP contribution in [-0.2, 0) is 6.42 Å². The summed E-state index contributed by atoms with van der Waals surface area (Å²) in [6.07, 6.45) is 8.32. The van der Waals surface area contributed by atoms with Crippen LogP contribution in [0, 0.1) is 0 Å². The van der Waals surface area contributed by atoms with Gasteiger partial charge in [-0.25, -0.2) is 0 Å². The lowest BCUT2D eigenvalue weighted by molar-refractivity contribution is 0.122. The number of hydrogen-bond donors (Lipinski definition) is 1. The summed E-state index contributed by atoms with van der Waals surface area (Å²) in [7, 11) is 0. The van der Waals surface area contributed by atoms with E-state index in [1.165, 1.54) is 32.1 Å². The molecule has 1 aliphatic carbocycles. The molecule has 0 atom stereocenters. The quantitative estimate of drug-likeness (QED) is 0.801. The Labute approximate surface area is 141 Å². The minimum absolute atomic E-state index is 0.236. The molecule has 1 saturated carbocycles. The lowest BCUT2D eigenvalue weighted by Gasteiger charge is -2.33. The topological polar surface area (TPSA) is 62.4 Å². The van der Waals surface area contributed by atoms with Crippen molar-refractivity contribution in [3.05, 3.63) is 23.4 Å². The molecule has 1 N–H and O–H groups in total. The maximum absolute atomic E-state index is 9.31. The van der Waals surface area contributed by atoms with Gasteiger partial charge in [-0.1, -0.05) is 30.5 Å². The van der Waals surface area contributed by atoms with E-state index in [1.54, 1.807) is 11.3 Å². The SMILES string of the molecule is OCCN(CCCc1nc(-c2cccs2)no1)C1CCCCC1. The van der Waals surface area contributed by atoms with Crippen molar-refractivity contribution in [2.45, 2.75) is 51.0 Å². The van der Waals surface area contributed by atoms with Crippen molar-refractivity contribution in [2.24, 2.45) is 0 Å². The van der Waals surface area contributed by atoms with E-state index in [4.69, 9.17) is 4.52 Å². The predicted molar refractivity (Wildman–Crippen MR) is 91.5 cm³/mol. The van der Waals surface area contributed by atoms with Crippen molar-refractivity contribution in [1.82, 2.24) is 15.0 Å². The van der Waals surface area contributed by atoms with E-state index in [0.717, 1.165) is 30.8 Å². The standard InChI is InChI=1S/C17H25N3O2S/c21-12-11-20(14-6-2-1-3-7-14)10-4-9-16-18-17(19-22-16)15-8-5-13-23-15/h5,8,13-14,21H,1-4,6-7,9-12H2. The van der Waals surface area contributed by atoms with Gasteiger partial charge in [0.1, 0.15) is 0 Å². The van der Waals surface area contributed by atoms with Gasteiger partial charge in [-0.2, -0.15) is 4.98 Å². The molecule has 0 amide bonds. The summed E-state index contributed by atoms with van der Waals surface area (Å²) in [6, 6.07) is 4.64. The van der Waals surface area contributed by atoms with Crippen LogP contribution in [0.4, 0.5) is 0 Å². The van der Waals surface area contributed by atoms with Gasteiger partial charge in [0.25, 0.3) is 0 Å². The largest absolute Gasteiger partial charge is 0.395 e. The van der Waals surface area contributed by atoms with Gasteiger partial charge >= 0.3 is 0 Å². The van der Waals surface area contributed by atoms with Crippen LogP contribution in [0.5, 0.6) is 0 Å². The fourth-order valence-electron chi connectivity index (χ4n) is 3.35. The lowest BCUT2D eigenvalue weighted by atomic mass is 9.94. The Balaban J connectivity index is 1.49. The predicted octanol–water partition coefficient (Wildman–Crippen LogP) is 3.36. The Kier molecular flexibility index (Phi) is 6.19. The third-order valence-corrected chi connectivity index (χ3v) is 5.39. The number of aromatic nitrogens is 2. The summed E-state index contributed by atoms with van der Waals surface area (Å²) >= 11 is 1.62. The molecule has 1 aliphatic rings. The van der Waals surface area contributed by atoms with E-state index >= 15 is 0 Å². The highest BCUT2D eigenvalue weighted by Gasteiger charge is 2.20. The molecule has 5 nitrogen and oxygen atoms in total. The molecule has 3 rings (SSSR count). The van der Waals surface area contributed by atoms with Crippen molar-refractivity contribution in [1.29, 1.82) is 0 Å². The highest BCUT2D eigenvalue weighted by atomic mass is 32.1. The number of nitrogens with zero attached hydrogens (tertiary/aromatic N) is 3. The first-order valence-corrected chi connectivity index (χ1v) is 9.46. The second-order valence-corrected chi connectivity index (χ2v) is 7.09. The van der Waals surface area contributed by atoms with Gasteiger partial charge < -0.3 is 9.63 Å². The number of aryl methyl sites for hydroxylation is 1. The number of rotatable bonds is 8. The van der Waals surface area contributed by atoms with Crippen molar-refractivity contribution < 1.29 is 9.63 Å². The molecule has 0 aromatic carbocycles. The zero-order valence-corrected chi connectivity index (χ0v) is 14.3. The molecule has 0 radical (unpaired) electrons. The first-order chi connectivity index (χ1) is 11.4. The van der Waals surface area contributed by atoms with Crippen molar-refractivity contribution in [3.8, 4) is 10.7 Å². The second-order valence-electron chi connectivity index (χ2n) is 6.14. The molecule has 0 saturated heterocycles. The Hall–Kier alpha value is -1.24.